The lowest BCUT2D eigenvalue weighted by Gasteiger charge is -2.05. The monoisotopic (exact) mass is 164 g/mol. The number of nitrogen functional groups attached to an aromatic ring is 1. The van der Waals surface area contributed by atoms with E-state index < -0.39 is 0 Å². The number of hydrogen-bond donors (Lipinski definition) is 3. The molecule has 0 bridgehead atoms. The van der Waals surface area contributed by atoms with Gasteiger partial charge in [-0.25, -0.2) is 0 Å². The topological polar surface area (TPSA) is 58.3 Å². The van der Waals surface area contributed by atoms with Crippen LogP contribution >= 0.6 is 0 Å². The predicted octanol–water partition coefficient (Wildman–Crippen LogP) is 2.02. The minimum atomic E-state index is -0.0850. The zero-order valence-electron chi connectivity index (χ0n) is 6.96. The zero-order valence-corrected chi connectivity index (χ0v) is 6.96. The summed E-state index contributed by atoms with van der Waals surface area (Å²) in [7, 11) is 0. The summed E-state index contributed by atoms with van der Waals surface area (Å²) in [6.07, 6.45) is 0. The maximum Gasteiger partial charge on any atom is 0.181 e. The van der Waals surface area contributed by atoms with Gasteiger partial charge < -0.3 is 16.2 Å². The molecule has 0 heterocycles. The Hall–Kier alpha value is -1.64. The third kappa shape index (κ3) is 1.92. The lowest BCUT2D eigenvalue weighted by molar-refractivity contribution is 0.422. The van der Waals surface area contributed by atoms with Gasteiger partial charge in [0.15, 0.2) is 5.88 Å². The van der Waals surface area contributed by atoms with Crippen LogP contribution in [0.1, 0.15) is 5.56 Å². The molecule has 0 atom stereocenters. The molecule has 3 heteroatoms. The normalized spacial score (nSPS) is 9.42. The largest absolute Gasteiger partial charge is 0.495 e. The number of aryl methyl sites for hydroxylation is 1. The molecule has 0 saturated carbocycles. The maximum atomic E-state index is 8.82. The molecule has 0 aliphatic rings. The second-order valence-electron chi connectivity index (χ2n) is 2.64. The summed E-state index contributed by atoms with van der Waals surface area (Å²) in [4.78, 5) is 0. The smallest absolute Gasteiger partial charge is 0.181 e. The molecule has 0 aromatic heterocycles. The fourth-order valence-electron chi connectivity index (χ4n) is 0.885. The van der Waals surface area contributed by atoms with Gasteiger partial charge in [0.25, 0.3) is 0 Å². The van der Waals surface area contributed by atoms with Crippen LogP contribution < -0.4 is 11.1 Å². The molecule has 0 radical (unpaired) electrons. The van der Waals surface area contributed by atoms with Crippen LogP contribution in [-0.4, -0.2) is 5.11 Å². The van der Waals surface area contributed by atoms with Crippen molar-refractivity contribution in [3.05, 3.63) is 36.2 Å². The molecule has 3 nitrogen and oxygen atoms in total. The first-order valence-electron chi connectivity index (χ1n) is 3.60. The van der Waals surface area contributed by atoms with E-state index in [4.69, 9.17) is 10.8 Å². The molecule has 12 heavy (non-hydrogen) atoms. The van der Waals surface area contributed by atoms with Crippen molar-refractivity contribution >= 4 is 11.4 Å². The lowest BCUT2D eigenvalue weighted by atomic mass is 10.2. The van der Waals surface area contributed by atoms with Crippen molar-refractivity contribution in [3.8, 4) is 0 Å². The van der Waals surface area contributed by atoms with Crippen molar-refractivity contribution in [1.29, 1.82) is 0 Å². The molecule has 0 fully saturated rings. The summed E-state index contributed by atoms with van der Waals surface area (Å²) in [6, 6.07) is 5.45. The number of aliphatic hydroxyl groups excluding tert-OH is 1. The number of aliphatic hydroxyl groups is 1. The van der Waals surface area contributed by atoms with Crippen molar-refractivity contribution in [2.45, 2.75) is 6.92 Å². The van der Waals surface area contributed by atoms with E-state index in [9.17, 15) is 0 Å². The molecule has 0 spiro atoms. The molecule has 0 unspecified atom stereocenters. The van der Waals surface area contributed by atoms with E-state index >= 15 is 0 Å². The zero-order chi connectivity index (χ0) is 9.14. The fourth-order valence-corrected chi connectivity index (χ4v) is 0.885. The average molecular weight is 164 g/mol. The molecule has 4 N–H and O–H groups in total. The molecule has 0 aliphatic carbocycles. The van der Waals surface area contributed by atoms with E-state index in [1.54, 1.807) is 6.07 Å². The third-order valence-corrected chi connectivity index (χ3v) is 1.57. The summed E-state index contributed by atoms with van der Waals surface area (Å²) in [5.74, 6) is -0.0850. The molecular weight excluding hydrogens is 152 g/mol. The number of benzene rings is 1. The van der Waals surface area contributed by atoms with Gasteiger partial charge in [-0.3, -0.25) is 0 Å². The predicted molar refractivity (Wildman–Crippen MR) is 51.0 cm³/mol. The highest BCUT2D eigenvalue weighted by Gasteiger charge is 1.96. The van der Waals surface area contributed by atoms with Crippen LogP contribution in [-0.2, 0) is 0 Å². The second kappa shape index (κ2) is 3.17. The van der Waals surface area contributed by atoms with Gasteiger partial charge in [-0.15, -0.1) is 0 Å². The van der Waals surface area contributed by atoms with Gasteiger partial charge in [-0.1, -0.05) is 6.07 Å². The highest BCUT2D eigenvalue weighted by molar-refractivity contribution is 5.59. The van der Waals surface area contributed by atoms with Gasteiger partial charge in [0.2, 0.25) is 0 Å². The Kier molecular flexibility index (Phi) is 2.24. The Labute approximate surface area is 71.5 Å². The summed E-state index contributed by atoms with van der Waals surface area (Å²) >= 11 is 0. The van der Waals surface area contributed by atoms with Gasteiger partial charge in [0.1, 0.15) is 0 Å². The average Bonchev–Trinajstić information content (AvgIpc) is 1.96. The van der Waals surface area contributed by atoms with Crippen molar-refractivity contribution in [1.82, 2.24) is 0 Å². The maximum absolute atomic E-state index is 8.82. The van der Waals surface area contributed by atoms with Crippen LogP contribution in [0.15, 0.2) is 30.7 Å². The lowest BCUT2D eigenvalue weighted by Crippen LogP contribution is -1.98. The first-order valence-corrected chi connectivity index (χ1v) is 3.60. The summed E-state index contributed by atoms with van der Waals surface area (Å²) in [6.45, 7) is 5.23. The van der Waals surface area contributed by atoms with E-state index in [1.807, 2.05) is 19.1 Å². The van der Waals surface area contributed by atoms with Gasteiger partial charge >= 0.3 is 0 Å². The standard InChI is InChI=1S/C9H12N2O/c1-6-3-4-8(5-9(6)10)11-7(2)12/h3-5,11-12H,2,10H2,1H3. The summed E-state index contributed by atoms with van der Waals surface area (Å²) in [5, 5.41) is 11.5. The quantitative estimate of drug-likeness (QED) is 0.463. The van der Waals surface area contributed by atoms with Crippen LogP contribution in [0.2, 0.25) is 0 Å². The Bertz CT molecular complexity index is 307. The van der Waals surface area contributed by atoms with E-state index in [0.29, 0.717) is 5.69 Å². The van der Waals surface area contributed by atoms with E-state index in [2.05, 4.69) is 11.9 Å². The molecule has 0 aliphatic heterocycles. The van der Waals surface area contributed by atoms with Gasteiger partial charge in [0, 0.05) is 11.4 Å². The van der Waals surface area contributed by atoms with Crippen molar-refractivity contribution < 1.29 is 5.11 Å². The number of rotatable bonds is 2. The highest BCUT2D eigenvalue weighted by atomic mass is 16.3. The highest BCUT2D eigenvalue weighted by Crippen LogP contribution is 2.17. The van der Waals surface area contributed by atoms with Crippen LogP contribution in [0.4, 0.5) is 11.4 Å². The molecule has 1 aromatic carbocycles. The first-order chi connectivity index (χ1) is 5.59. The second-order valence-corrected chi connectivity index (χ2v) is 2.64. The van der Waals surface area contributed by atoms with Gasteiger partial charge in [-0.2, -0.15) is 0 Å². The SMILES string of the molecule is C=C(O)Nc1ccc(C)c(N)c1. The molecule has 1 rings (SSSR count). The number of hydrogen-bond acceptors (Lipinski definition) is 3. The van der Waals surface area contributed by atoms with E-state index in [-0.39, 0.29) is 5.88 Å². The Morgan fingerprint density at radius 3 is 2.75 bits per heavy atom. The first kappa shape index (κ1) is 8.46. The van der Waals surface area contributed by atoms with Gasteiger partial charge in [-0.05, 0) is 31.2 Å². The number of anilines is 2. The molecule has 64 valence electrons. The minimum Gasteiger partial charge on any atom is -0.495 e. The molecule has 0 amide bonds. The third-order valence-electron chi connectivity index (χ3n) is 1.57. The molecule has 0 saturated heterocycles. The molecular formula is C9H12N2O. The van der Waals surface area contributed by atoms with Crippen molar-refractivity contribution in [3.63, 3.8) is 0 Å². The summed E-state index contributed by atoms with van der Waals surface area (Å²) in [5.41, 5.74) is 8.10. The van der Waals surface area contributed by atoms with Crippen LogP contribution in [0.25, 0.3) is 0 Å². The Balaban J connectivity index is 2.89. The molecule has 1 aromatic rings. The van der Waals surface area contributed by atoms with Gasteiger partial charge in [0.05, 0.1) is 0 Å². The Morgan fingerprint density at radius 2 is 2.25 bits per heavy atom. The van der Waals surface area contributed by atoms with Crippen LogP contribution in [0.3, 0.4) is 0 Å². The number of nitrogens with two attached hydrogens (primary N) is 1. The summed E-state index contributed by atoms with van der Waals surface area (Å²) < 4.78 is 0. The van der Waals surface area contributed by atoms with E-state index in [0.717, 1.165) is 11.3 Å². The fraction of sp³-hybridized carbons (Fsp3) is 0.111. The van der Waals surface area contributed by atoms with Crippen LogP contribution in [0.5, 0.6) is 0 Å². The van der Waals surface area contributed by atoms with E-state index in [1.165, 1.54) is 0 Å². The van der Waals surface area contributed by atoms with Crippen molar-refractivity contribution in [2.24, 2.45) is 0 Å². The van der Waals surface area contributed by atoms with Crippen molar-refractivity contribution in [2.75, 3.05) is 11.1 Å². The van der Waals surface area contributed by atoms with Crippen LogP contribution in [0, 0.1) is 6.92 Å². The minimum absolute atomic E-state index is 0.0850. The number of nitrogens with one attached hydrogen (secondary N) is 1. The Morgan fingerprint density at radius 1 is 1.58 bits per heavy atom.